The van der Waals surface area contributed by atoms with Crippen LogP contribution in [-0.4, -0.2) is 6.61 Å². The van der Waals surface area contributed by atoms with Crippen LogP contribution in [0.2, 0.25) is 0 Å². The first-order valence-electron chi connectivity index (χ1n) is 9.16. The molecule has 1 aromatic carbocycles. The maximum atomic E-state index is 11.6. The number of rotatable bonds is 5. The maximum Gasteiger partial charge on any atom is 2.00 e. The van der Waals surface area contributed by atoms with Crippen molar-refractivity contribution in [3.8, 4) is 0 Å². The van der Waals surface area contributed by atoms with Crippen LogP contribution in [0, 0.1) is 0 Å². The van der Waals surface area contributed by atoms with E-state index in [0.29, 0.717) is 6.61 Å². The third-order valence-corrected chi connectivity index (χ3v) is 3.91. The molecule has 2 aliphatic rings. The number of hydrogen-bond donors (Lipinski definition) is 0. The molecule has 0 atom stereocenters. The fourth-order valence-corrected chi connectivity index (χ4v) is 2.45. The summed E-state index contributed by atoms with van der Waals surface area (Å²) in [7, 11) is 0. The predicted molar refractivity (Wildman–Crippen MR) is 111 cm³/mol. The molecule has 0 saturated carbocycles. The molecule has 150 valence electrons. The normalized spacial score (nSPS) is 14.1. The van der Waals surface area contributed by atoms with Crippen LogP contribution >= 0.6 is 0 Å². The average Bonchev–Trinajstić information content (AvgIpc) is 3.41. The second kappa shape index (κ2) is 13.3. The van der Waals surface area contributed by atoms with Crippen molar-refractivity contribution in [1.29, 1.82) is 0 Å². The van der Waals surface area contributed by atoms with Crippen molar-refractivity contribution in [3.05, 3.63) is 125 Å². The van der Waals surface area contributed by atoms with Crippen molar-refractivity contribution in [2.75, 3.05) is 6.61 Å². The van der Waals surface area contributed by atoms with Crippen LogP contribution in [0.1, 0.15) is 19.4 Å². The Morgan fingerprint density at radius 3 is 2.00 bits per heavy atom. The van der Waals surface area contributed by atoms with Crippen molar-refractivity contribution in [2.24, 2.45) is 0 Å². The van der Waals surface area contributed by atoms with Gasteiger partial charge in [-0.15, -0.1) is 5.76 Å². The van der Waals surface area contributed by atoms with Crippen molar-refractivity contribution in [2.45, 2.75) is 13.8 Å². The molecular weight excluding hydrogens is 404 g/mol. The topological polar surface area (TPSA) is 55.3 Å². The smallest absolute Gasteiger partial charge is 0.872 e. The molecule has 0 radical (unpaired) electrons. The Labute approximate surface area is 183 Å². The molecule has 0 saturated heterocycles. The number of hydrogen-bond acceptors (Lipinski definition) is 3. The summed E-state index contributed by atoms with van der Waals surface area (Å²) in [5.41, 5.74) is 3.77. The van der Waals surface area contributed by atoms with Crippen LogP contribution in [0.15, 0.2) is 120 Å². The van der Waals surface area contributed by atoms with E-state index in [0.717, 1.165) is 22.3 Å². The molecule has 0 N–H and O–H groups in total. The minimum atomic E-state index is -0.277. The molecule has 0 aromatic heterocycles. The first-order valence-corrected chi connectivity index (χ1v) is 9.16. The zero-order chi connectivity index (χ0) is 20.2. The van der Waals surface area contributed by atoms with E-state index >= 15 is 0 Å². The number of ether oxygens (including phenoxy) is 1. The molecule has 0 amide bonds. The summed E-state index contributed by atoms with van der Waals surface area (Å²) in [6.45, 7) is 4.11. The fraction of sp³-hybridized carbons (Fsp3) is 0.120. The van der Waals surface area contributed by atoms with Crippen molar-refractivity contribution >= 4 is 6.08 Å². The van der Waals surface area contributed by atoms with Gasteiger partial charge in [-0.2, -0.15) is 0 Å². The Kier molecular flexibility index (Phi) is 11.0. The molecule has 0 bridgehead atoms. The Morgan fingerprint density at radius 1 is 0.897 bits per heavy atom. The second-order valence-corrected chi connectivity index (χ2v) is 6.03. The van der Waals surface area contributed by atoms with E-state index in [1.807, 2.05) is 91.9 Å². The second-order valence-electron chi connectivity index (χ2n) is 6.03. The summed E-state index contributed by atoms with van der Waals surface area (Å²) in [4.78, 5) is 0. The monoisotopic (exact) mass is 428 g/mol. The quantitative estimate of drug-likeness (QED) is 0.524. The summed E-state index contributed by atoms with van der Waals surface area (Å²) in [5.74, 6) is -0.231. The Bertz CT molecular complexity index is 867. The van der Waals surface area contributed by atoms with E-state index < -0.39 is 0 Å². The van der Waals surface area contributed by atoms with Gasteiger partial charge in [-0.05, 0) is 41.9 Å². The minimum Gasteiger partial charge on any atom is -0.872 e. The Morgan fingerprint density at radius 2 is 1.45 bits per heavy atom. The van der Waals surface area contributed by atoms with Gasteiger partial charge >= 0.3 is 17.1 Å². The first kappa shape index (κ1) is 24.1. The van der Waals surface area contributed by atoms with E-state index in [1.54, 1.807) is 13.0 Å². The van der Waals surface area contributed by atoms with Gasteiger partial charge in [-0.25, -0.2) is 0 Å². The molecular formula is C25H24FeO3. The van der Waals surface area contributed by atoms with Crippen LogP contribution in [0.3, 0.4) is 0 Å². The van der Waals surface area contributed by atoms with Gasteiger partial charge in [0.1, 0.15) is 0 Å². The molecule has 3 nitrogen and oxygen atoms in total. The maximum absolute atomic E-state index is 11.6. The van der Waals surface area contributed by atoms with Crippen molar-refractivity contribution in [1.82, 2.24) is 0 Å². The van der Waals surface area contributed by atoms with Gasteiger partial charge in [0, 0.05) is 0 Å². The zero-order valence-electron chi connectivity index (χ0n) is 16.5. The van der Waals surface area contributed by atoms with Gasteiger partial charge in [-0.3, -0.25) is 0 Å². The van der Waals surface area contributed by atoms with E-state index in [9.17, 15) is 10.2 Å². The summed E-state index contributed by atoms with van der Waals surface area (Å²) in [5, 5.41) is 22.6. The fourth-order valence-electron chi connectivity index (χ4n) is 2.45. The molecule has 0 fully saturated rings. The molecule has 0 unspecified atom stereocenters. The van der Waals surface area contributed by atoms with Gasteiger partial charge in [0.25, 0.3) is 0 Å². The SMILES string of the molecule is CCOC([O-])=CC(C)=C1C=CC=C1.[Fe+2].[O-]C(C=Cc1ccccc1)=C1C=CC=C1. The van der Waals surface area contributed by atoms with E-state index in [1.165, 1.54) is 6.08 Å². The average molecular weight is 428 g/mol. The third kappa shape index (κ3) is 8.73. The third-order valence-electron chi connectivity index (χ3n) is 3.91. The summed E-state index contributed by atoms with van der Waals surface area (Å²) in [6.07, 6.45) is 20.1. The van der Waals surface area contributed by atoms with Crippen LogP contribution in [0.5, 0.6) is 0 Å². The molecule has 0 aliphatic heterocycles. The van der Waals surface area contributed by atoms with E-state index in [4.69, 9.17) is 4.74 Å². The number of allylic oxidation sites excluding steroid dienone is 13. The molecule has 3 rings (SSSR count). The van der Waals surface area contributed by atoms with Gasteiger partial charge in [0.15, 0.2) is 0 Å². The van der Waals surface area contributed by atoms with Gasteiger partial charge < -0.3 is 14.9 Å². The molecule has 1 aromatic rings. The van der Waals surface area contributed by atoms with Crippen molar-refractivity contribution in [3.63, 3.8) is 0 Å². The molecule has 2 aliphatic carbocycles. The standard InChI is InChI=1S/C14H12O.C11H14O2.Fe/c15-14(13-8-4-5-9-13)11-10-12-6-2-1-3-7-12;1-3-13-11(12)8-9(2)10-6-4-5-7-10;/h1-11,15H;4-8,12H,3H2,1-2H3;/q;;+2/p-2. The van der Waals surface area contributed by atoms with Crippen LogP contribution in [0.4, 0.5) is 0 Å². The molecule has 0 spiro atoms. The van der Waals surface area contributed by atoms with Gasteiger partial charge in [0.2, 0.25) is 0 Å². The summed E-state index contributed by atoms with van der Waals surface area (Å²) >= 11 is 0. The predicted octanol–water partition coefficient (Wildman–Crippen LogP) is 4.10. The largest absolute Gasteiger partial charge is 2.00 e. The summed E-state index contributed by atoms with van der Waals surface area (Å²) in [6, 6.07) is 9.79. The Balaban J connectivity index is 0.000000284. The molecule has 29 heavy (non-hydrogen) atoms. The van der Waals surface area contributed by atoms with E-state index in [-0.39, 0.29) is 28.8 Å². The molecule has 0 heterocycles. The number of benzene rings is 1. The Hall–Kier alpha value is -2.94. The zero-order valence-corrected chi connectivity index (χ0v) is 17.6. The minimum absolute atomic E-state index is 0. The van der Waals surface area contributed by atoms with Gasteiger partial charge in [0.05, 0.1) is 5.95 Å². The first-order chi connectivity index (χ1) is 13.6. The van der Waals surface area contributed by atoms with Crippen LogP contribution < -0.4 is 10.2 Å². The van der Waals surface area contributed by atoms with E-state index in [2.05, 4.69) is 0 Å². The van der Waals surface area contributed by atoms with Gasteiger partial charge in [-0.1, -0.05) is 98.0 Å². The molecule has 4 heteroatoms. The van der Waals surface area contributed by atoms with Crippen LogP contribution in [0.25, 0.3) is 6.08 Å². The summed E-state index contributed by atoms with van der Waals surface area (Å²) < 4.78 is 4.80. The van der Waals surface area contributed by atoms with Crippen LogP contribution in [-0.2, 0) is 21.8 Å². The van der Waals surface area contributed by atoms with Crippen molar-refractivity contribution < 1.29 is 32.0 Å².